The first-order valence-corrected chi connectivity index (χ1v) is 14.9. The number of unbranched alkanes of at least 4 members (excludes halogenated alkanes) is 1. The van der Waals surface area contributed by atoms with Crippen molar-refractivity contribution < 1.29 is 43.5 Å². The summed E-state index contributed by atoms with van der Waals surface area (Å²) >= 11 is 0. The fourth-order valence-corrected chi connectivity index (χ4v) is 10.4. The van der Waals surface area contributed by atoms with Crippen LogP contribution in [0.5, 0.6) is 0 Å². The summed E-state index contributed by atoms with van der Waals surface area (Å²) in [7, 11) is 0. The quantitative estimate of drug-likeness (QED) is 0.234. The minimum absolute atomic E-state index is 0.0148. The van der Waals surface area contributed by atoms with Crippen molar-refractivity contribution in [3.05, 3.63) is 11.6 Å². The van der Waals surface area contributed by atoms with Crippen LogP contribution in [0.15, 0.2) is 11.6 Å². The zero-order valence-electron chi connectivity index (χ0n) is 23.3. The van der Waals surface area contributed by atoms with Crippen LogP contribution in [0.1, 0.15) is 59.3 Å². The average Bonchev–Trinajstić information content (AvgIpc) is 3.65. The molecule has 10 nitrogen and oxygen atoms in total. The molecule has 0 aromatic heterocycles. The fourth-order valence-electron chi connectivity index (χ4n) is 10.4. The van der Waals surface area contributed by atoms with E-state index in [0.29, 0.717) is 38.2 Å². The van der Waals surface area contributed by atoms with Crippen molar-refractivity contribution in [1.29, 1.82) is 5.26 Å². The van der Waals surface area contributed by atoms with Crippen LogP contribution in [0.25, 0.3) is 0 Å². The Balaban J connectivity index is 1.22. The Bertz CT molecular complexity index is 1180. The van der Waals surface area contributed by atoms with E-state index >= 15 is 0 Å². The van der Waals surface area contributed by atoms with E-state index in [-0.39, 0.29) is 30.3 Å². The second kappa shape index (κ2) is 8.82. The summed E-state index contributed by atoms with van der Waals surface area (Å²) < 4.78 is 30.5. The van der Waals surface area contributed by atoms with Gasteiger partial charge in [-0.2, -0.15) is 5.26 Å². The van der Waals surface area contributed by atoms with Crippen molar-refractivity contribution in [2.24, 2.45) is 45.8 Å². The van der Waals surface area contributed by atoms with Gasteiger partial charge in [0.25, 0.3) is 0 Å². The Morgan fingerprint density at radius 1 is 1.27 bits per heavy atom. The molecule has 0 spiro atoms. The number of aldehydes is 1. The van der Waals surface area contributed by atoms with Crippen molar-refractivity contribution in [2.75, 3.05) is 13.2 Å². The van der Waals surface area contributed by atoms with E-state index in [1.165, 1.54) is 0 Å². The molecule has 13 unspecified atom stereocenters. The maximum absolute atomic E-state index is 13.6. The van der Waals surface area contributed by atoms with E-state index in [0.717, 1.165) is 24.7 Å². The molecule has 40 heavy (non-hydrogen) atoms. The molecule has 8 rings (SSSR count). The number of nitrogens with zero attached hydrogens (tertiary/aromatic N) is 1. The number of carboxylic acids is 1. The van der Waals surface area contributed by atoms with Gasteiger partial charge in [-0.15, -0.1) is 0 Å². The molecule has 2 N–H and O–H groups in total. The maximum atomic E-state index is 13.6. The van der Waals surface area contributed by atoms with E-state index in [2.05, 4.69) is 19.1 Å². The molecule has 0 radical (unpaired) electrons. The van der Waals surface area contributed by atoms with E-state index < -0.39 is 58.9 Å². The minimum Gasteiger partial charge on any atom is -0.481 e. The first-order chi connectivity index (χ1) is 19.1. The topological polar surface area (TPSA) is 145 Å². The monoisotopic (exact) mass is 557 g/mol. The lowest BCUT2D eigenvalue weighted by Crippen LogP contribution is -2.66. The number of hydrogen-bond donors (Lipinski definition) is 2. The molecule has 4 aliphatic heterocycles. The molecule has 7 fully saturated rings. The predicted molar refractivity (Wildman–Crippen MR) is 136 cm³/mol. The van der Waals surface area contributed by atoms with Gasteiger partial charge in [0, 0.05) is 18.4 Å². The smallest absolute Gasteiger partial charge is 0.316 e. The molecule has 0 aromatic carbocycles. The predicted octanol–water partition coefficient (Wildman–Crippen LogP) is 2.79. The molecule has 8 bridgehead atoms. The number of carbonyl (C=O) groups excluding carboxylic acids is 1. The highest BCUT2D eigenvalue weighted by Gasteiger charge is 2.85. The van der Waals surface area contributed by atoms with Gasteiger partial charge in [0.1, 0.15) is 30.0 Å². The second-order valence-corrected chi connectivity index (χ2v) is 13.6. The molecule has 8 aliphatic rings. The molecule has 4 aliphatic carbocycles. The number of aliphatic hydroxyl groups excluding tert-OH is 1. The van der Waals surface area contributed by atoms with Gasteiger partial charge in [-0.1, -0.05) is 38.8 Å². The lowest BCUT2D eigenvalue weighted by molar-refractivity contribution is -0.448. The van der Waals surface area contributed by atoms with Crippen LogP contribution in [-0.2, 0) is 33.3 Å². The molecule has 4 saturated heterocycles. The highest BCUT2D eigenvalue weighted by molar-refractivity contribution is 5.90. The summed E-state index contributed by atoms with van der Waals surface area (Å²) in [5.41, 5.74) is -2.42. The van der Waals surface area contributed by atoms with E-state index in [4.69, 9.17) is 28.9 Å². The largest absolute Gasteiger partial charge is 0.481 e. The lowest BCUT2D eigenvalue weighted by atomic mass is 9.43. The van der Waals surface area contributed by atoms with E-state index in [9.17, 15) is 19.8 Å². The number of ether oxygens (including phenoxy) is 5. The summed E-state index contributed by atoms with van der Waals surface area (Å²) in [5, 5.41) is 31.3. The van der Waals surface area contributed by atoms with Crippen molar-refractivity contribution in [3.8, 4) is 6.07 Å². The Kier molecular flexibility index (Phi) is 5.95. The number of carboxylic acid groups (broad SMARTS) is 1. The van der Waals surface area contributed by atoms with E-state index in [1.807, 2.05) is 13.8 Å². The number of fused-ring (bicyclic) bond motifs is 2. The summed E-state index contributed by atoms with van der Waals surface area (Å²) in [4.78, 5) is 26.9. The minimum atomic E-state index is -1.79. The van der Waals surface area contributed by atoms with E-state index in [1.54, 1.807) is 0 Å². The number of aliphatic carboxylic acids is 1. The van der Waals surface area contributed by atoms with Crippen LogP contribution in [0, 0.1) is 57.2 Å². The number of allylic oxidation sites excluding steroid dienone is 1. The van der Waals surface area contributed by atoms with Gasteiger partial charge in [-0.05, 0) is 55.3 Å². The van der Waals surface area contributed by atoms with Gasteiger partial charge in [0.2, 0.25) is 0 Å². The fraction of sp³-hybridized carbons (Fsp3) is 0.833. The van der Waals surface area contributed by atoms with Gasteiger partial charge in [0.15, 0.2) is 12.4 Å². The highest BCUT2D eigenvalue weighted by Crippen LogP contribution is 2.82. The van der Waals surface area contributed by atoms with Crippen LogP contribution in [0.4, 0.5) is 0 Å². The van der Waals surface area contributed by atoms with Gasteiger partial charge >= 0.3 is 11.9 Å². The van der Waals surface area contributed by atoms with Gasteiger partial charge in [0.05, 0.1) is 18.1 Å². The molecule has 218 valence electrons. The average molecular weight is 558 g/mol. The Labute approximate surface area is 233 Å². The van der Waals surface area contributed by atoms with Crippen LogP contribution in [-0.4, -0.2) is 72.4 Å². The summed E-state index contributed by atoms with van der Waals surface area (Å²) in [6, 6.07) is 2.09. The molecule has 13 atom stereocenters. The molecule has 3 saturated carbocycles. The van der Waals surface area contributed by atoms with Gasteiger partial charge in [-0.25, -0.2) is 0 Å². The summed E-state index contributed by atoms with van der Waals surface area (Å²) in [6.07, 6.45) is 3.04. The standard InChI is InChI=1S/C30H39NO9/c1-15(2)20-10-17-11-27(13-32)19-7-6-16(3)18(19)12-28(17,29(20,27)26(34)35)14-37-30-24(33)22-21(36-9-5-4-8-31)23(39-30)25(38-22)40-30/h10,13,15-19,21-25,33H,4-7,9,11-12,14H2,1-3H3,(H,34,35). The number of rotatable bonds is 10. The third kappa shape index (κ3) is 2.94. The number of nitriles is 1. The molecular formula is C30H39NO9. The SMILES string of the molecule is CC(C)C1=CC2CC3(C=O)C4CCC(C)C4CC2(COC24OC5OC(C(OCCCC#N)C5O2)C4O)C13C(=O)O. The zero-order valence-corrected chi connectivity index (χ0v) is 23.3. The molecule has 0 amide bonds. The van der Waals surface area contributed by atoms with Crippen molar-refractivity contribution in [1.82, 2.24) is 0 Å². The highest BCUT2D eigenvalue weighted by atomic mass is 17.0. The van der Waals surface area contributed by atoms with Gasteiger partial charge in [-0.3, -0.25) is 9.53 Å². The third-order valence-electron chi connectivity index (χ3n) is 11.9. The Morgan fingerprint density at radius 3 is 2.77 bits per heavy atom. The molecule has 10 heteroatoms. The van der Waals surface area contributed by atoms with Crippen molar-refractivity contribution in [3.63, 3.8) is 0 Å². The van der Waals surface area contributed by atoms with Crippen LogP contribution < -0.4 is 0 Å². The third-order valence-corrected chi connectivity index (χ3v) is 11.9. The Morgan fingerprint density at radius 2 is 2.08 bits per heavy atom. The zero-order chi connectivity index (χ0) is 28.2. The van der Waals surface area contributed by atoms with Crippen LogP contribution in [0.2, 0.25) is 0 Å². The first kappa shape index (κ1) is 27.0. The molecule has 0 aromatic rings. The van der Waals surface area contributed by atoms with Crippen LogP contribution in [0.3, 0.4) is 0 Å². The van der Waals surface area contributed by atoms with Gasteiger partial charge < -0.3 is 34.0 Å². The van der Waals surface area contributed by atoms with Crippen molar-refractivity contribution >= 4 is 12.3 Å². The maximum Gasteiger partial charge on any atom is 0.316 e. The lowest BCUT2D eigenvalue weighted by Gasteiger charge is -2.58. The molecule has 4 heterocycles. The number of hydrogen-bond acceptors (Lipinski definition) is 9. The Hall–Kier alpha value is -1.87. The summed E-state index contributed by atoms with van der Waals surface area (Å²) in [6.45, 7) is 6.55. The number of aliphatic hydroxyl groups is 1. The molecular weight excluding hydrogens is 518 g/mol. The number of carbonyl (C=O) groups is 2. The van der Waals surface area contributed by atoms with Crippen molar-refractivity contribution in [2.45, 2.75) is 96.0 Å². The normalized spacial score (nSPS) is 52.7. The van der Waals surface area contributed by atoms with Crippen LogP contribution >= 0.6 is 0 Å². The summed E-state index contributed by atoms with van der Waals surface area (Å²) in [5.74, 6) is -2.29. The second-order valence-electron chi connectivity index (χ2n) is 13.6. The first-order valence-electron chi connectivity index (χ1n) is 14.9.